The zero-order valence-corrected chi connectivity index (χ0v) is 16.8. The molecule has 9 heteroatoms. The van der Waals surface area contributed by atoms with Gasteiger partial charge in [-0.15, -0.1) is 0 Å². The number of anilines is 1. The fraction of sp³-hybridized carbons (Fsp3) is 0.318. The van der Waals surface area contributed by atoms with E-state index in [-0.39, 0.29) is 17.9 Å². The number of nitrogens with zero attached hydrogens (tertiary/aromatic N) is 1. The summed E-state index contributed by atoms with van der Waals surface area (Å²) >= 11 is 0. The minimum Gasteiger partial charge on any atom is -0.349 e. The van der Waals surface area contributed by atoms with Crippen LogP contribution in [0, 0.1) is 0 Å². The summed E-state index contributed by atoms with van der Waals surface area (Å²) in [6.45, 7) is 2.09. The summed E-state index contributed by atoms with van der Waals surface area (Å²) < 4.78 is 39.4. The molecule has 0 aliphatic carbocycles. The number of hydrogen-bond donors (Lipinski definition) is 2. The molecule has 1 aliphatic rings. The Hall–Kier alpha value is -3.36. The van der Waals surface area contributed by atoms with Gasteiger partial charge in [0.1, 0.15) is 0 Å². The zero-order chi connectivity index (χ0) is 22.6. The molecule has 1 saturated heterocycles. The Morgan fingerprint density at radius 3 is 2.32 bits per heavy atom. The lowest BCUT2D eigenvalue weighted by atomic mass is 10.0. The molecule has 0 atom stereocenters. The Labute approximate surface area is 177 Å². The van der Waals surface area contributed by atoms with Crippen LogP contribution in [0.15, 0.2) is 48.5 Å². The van der Waals surface area contributed by atoms with E-state index in [1.54, 1.807) is 29.2 Å². The maximum atomic E-state index is 13.1. The van der Waals surface area contributed by atoms with Crippen molar-refractivity contribution in [3.05, 3.63) is 65.2 Å². The van der Waals surface area contributed by atoms with E-state index in [9.17, 15) is 27.6 Å². The lowest BCUT2D eigenvalue weighted by Crippen LogP contribution is -2.46. The molecule has 1 aliphatic heterocycles. The summed E-state index contributed by atoms with van der Waals surface area (Å²) in [5.74, 6) is -1.23. The van der Waals surface area contributed by atoms with Gasteiger partial charge < -0.3 is 15.5 Å². The van der Waals surface area contributed by atoms with Gasteiger partial charge in [0.05, 0.1) is 11.1 Å². The first kappa shape index (κ1) is 22.3. The smallest absolute Gasteiger partial charge is 0.349 e. The second kappa shape index (κ2) is 9.20. The highest BCUT2D eigenvalue weighted by Crippen LogP contribution is 2.32. The van der Waals surface area contributed by atoms with Crippen molar-refractivity contribution < 1.29 is 27.6 Å². The lowest BCUT2D eigenvalue weighted by molar-refractivity contribution is -0.138. The fourth-order valence-electron chi connectivity index (χ4n) is 3.53. The SMILES string of the molecule is CC(=O)Nc1cccc(C(=O)N2CCC(NC(=O)c3ccccc3C(F)(F)F)CC2)c1. The van der Waals surface area contributed by atoms with Crippen molar-refractivity contribution in [1.82, 2.24) is 10.2 Å². The minimum absolute atomic E-state index is 0.209. The lowest BCUT2D eigenvalue weighted by Gasteiger charge is -2.32. The van der Waals surface area contributed by atoms with Gasteiger partial charge in [-0.2, -0.15) is 13.2 Å². The number of piperidine rings is 1. The van der Waals surface area contributed by atoms with Crippen LogP contribution in [0.2, 0.25) is 0 Å². The summed E-state index contributed by atoms with van der Waals surface area (Å²) in [5.41, 5.74) is -0.445. The van der Waals surface area contributed by atoms with Gasteiger partial charge in [0.25, 0.3) is 11.8 Å². The molecule has 0 bridgehead atoms. The van der Waals surface area contributed by atoms with Crippen molar-refractivity contribution in [3.63, 3.8) is 0 Å². The number of benzene rings is 2. The molecule has 164 valence electrons. The van der Waals surface area contributed by atoms with Crippen molar-refractivity contribution in [2.24, 2.45) is 0 Å². The summed E-state index contributed by atoms with van der Waals surface area (Å²) in [6, 6.07) is 10.9. The molecule has 2 N–H and O–H groups in total. The Morgan fingerprint density at radius 2 is 1.68 bits per heavy atom. The predicted octanol–water partition coefficient (Wildman–Crippen LogP) is 3.70. The molecule has 3 amide bonds. The average molecular weight is 433 g/mol. The number of nitrogens with one attached hydrogen (secondary N) is 2. The third kappa shape index (κ3) is 5.62. The summed E-state index contributed by atoms with van der Waals surface area (Å²) in [5, 5.41) is 5.28. The van der Waals surface area contributed by atoms with Gasteiger partial charge in [0, 0.05) is 37.3 Å². The molecule has 1 heterocycles. The van der Waals surface area contributed by atoms with Gasteiger partial charge in [-0.25, -0.2) is 0 Å². The first-order valence-electron chi connectivity index (χ1n) is 9.79. The number of rotatable bonds is 4. The van der Waals surface area contributed by atoms with Crippen LogP contribution in [0.4, 0.5) is 18.9 Å². The molecule has 3 rings (SSSR count). The molecule has 31 heavy (non-hydrogen) atoms. The number of carbonyl (C=O) groups is 3. The largest absolute Gasteiger partial charge is 0.417 e. The van der Waals surface area contributed by atoms with E-state index in [1.165, 1.54) is 19.1 Å². The molecule has 6 nitrogen and oxygen atoms in total. The van der Waals surface area contributed by atoms with E-state index in [0.717, 1.165) is 12.1 Å². The second-order valence-electron chi connectivity index (χ2n) is 7.35. The molecule has 1 fully saturated rings. The van der Waals surface area contributed by atoms with Crippen LogP contribution in [0.25, 0.3) is 0 Å². The molecule has 0 radical (unpaired) electrons. The standard InChI is InChI=1S/C22H22F3N3O3/c1-14(29)26-17-6-4-5-15(13-17)21(31)28-11-9-16(10-12-28)27-20(30)18-7-2-3-8-19(18)22(23,24)25/h2-8,13,16H,9-12H2,1H3,(H,26,29)(H,27,30). The van der Waals surface area contributed by atoms with Crippen molar-refractivity contribution in [2.45, 2.75) is 32.0 Å². The molecular formula is C22H22F3N3O3. The van der Waals surface area contributed by atoms with E-state index in [4.69, 9.17) is 0 Å². The first-order valence-corrected chi connectivity index (χ1v) is 9.79. The normalized spacial score (nSPS) is 14.8. The Kier molecular flexibility index (Phi) is 6.62. The van der Waals surface area contributed by atoms with E-state index in [2.05, 4.69) is 10.6 Å². The predicted molar refractivity (Wildman–Crippen MR) is 109 cm³/mol. The Bertz CT molecular complexity index is 983. The van der Waals surface area contributed by atoms with Gasteiger partial charge >= 0.3 is 6.18 Å². The second-order valence-corrected chi connectivity index (χ2v) is 7.35. The maximum absolute atomic E-state index is 13.1. The van der Waals surface area contributed by atoms with Crippen molar-refractivity contribution in [3.8, 4) is 0 Å². The van der Waals surface area contributed by atoms with Crippen LogP contribution in [-0.2, 0) is 11.0 Å². The van der Waals surface area contributed by atoms with Crippen molar-refractivity contribution in [2.75, 3.05) is 18.4 Å². The van der Waals surface area contributed by atoms with Crippen molar-refractivity contribution in [1.29, 1.82) is 0 Å². The molecule has 0 spiro atoms. The van der Waals surface area contributed by atoms with Crippen LogP contribution in [0.5, 0.6) is 0 Å². The van der Waals surface area contributed by atoms with E-state index in [0.29, 0.717) is 37.2 Å². The monoisotopic (exact) mass is 433 g/mol. The van der Waals surface area contributed by atoms with Crippen molar-refractivity contribution >= 4 is 23.4 Å². The third-order valence-electron chi connectivity index (χ3n) is 5.02. The van der Waals surface area contributed by atoms with E-state index >= 15 is 0 Å². The minimum atomic E-state index is -4.62. The third-order valence-corrected chi connectivity index (χ3v) is 5.02. The molecule has 2 aromatic rings. The Balaban J connectivity index is 1.60. The summed E-state index contributed by atoms with van der Waals surface area (Å²) in [6.07, 6.45) is -3.76. The highest BCUT2D eigenvalue weighted by molar-refractivity contribution is 5.97. The topological polar surface area (TPSA) is 78.5 Å². The molecule has 0 unspecified atom stereocenters. The molecule has 0 aromatic heterocycles. The number of carbonyl (C=O) groups excluding carboxylic acids is 3. The van der Waals surface area contributed by atoms with Crippen LogP contribution in [0.3, 0.4) is 0 Å². The summed E-state index contributed by atoms with van der Waals surface area (Å²) in [4.78, 5) is 38.0. The van der Waals surface area contributed by atoms with Crippen LogP contribution < -0.4 is 10.6 Å². The van der Waals surface area contributed by atoms with Gasteiger partial charge in [-0.05, 0) is 43.2 Å². The van der Waals surface area contributed by atoms with E-state index in [1.807, 2.05) is 0 Å². The maximum Gasteiger partial charge on any atom is 0.417 e. The van der Waals surface area contributed by atoms with Gasteiger partial charge in [0.2, 0.25) is 5.91 Å². The highest BCUT2D eigenvalue weighted by atomic mass is 19.4. The zero-order valence-electron chi connectivity index (χ0n) is 16.8. The number of amides is 3. The van der Waals surface area contributed by atoms with Crippen LogP contribution in [-0.4, -0.2) is 41.8 Å². The van der Waals surface area contributed by atoms with Gasteiger partial charge in [0.15, 0.2) is 0 Å². The quantitative estimate of drug-likeness (QED) is 0.772. The first-order chi connectivity index (χ1) is 14.6. The number of halogens is 3. The average Bonchev–Trinajstić information content (AvgIpc) is 2.73. The highest BCUT2D eigenvalue weighted by Gasteiger charge is 2.35. The van der Waals surface area contributed by atoms with Gasteiger partial charge in [-0.1, -0.05) is 18.2 Å². The Morgan fingerprint density at radius 1 is 1.00 bits per heavy atom. The number of likely N-dealkylation sites (tertiary alicyclic amines) is 1. The number of alkyl halides is 3. The molecule has 2 aromatic carbocycles. The van der Waals surface area contributed by atoms with E-state index < -0.39 is 23.2 Å². The van der Waals surface area contributed by atoms with Crippen LogP contribution >= 0.6 is 0 Å². The fourth-order valence-corrected chi connectivity index (χ4v) is 3.53. The molecule has 0 saturated carbocycles. The molecular weight excluding hydrogens is 411 g/mol. The summed E-state index contributed by atoms with van der Waals surface area (Å²) in [7, 11) is 0. The van der Waals surface area contributed by atoms with Gasteiger partial charge in [-0.3, -0.25) is 14.4 Å². The van der Waals surface area contributed by atoms with Crippen LogP contribution in [0.1, 0.15) is 46.0 Å². The number of hydrogen-bond acceptors (Lipinski definition) is 3.